The van der Waals surface area contributed by atoms with Crippen molar-refractivity contribution in [1.82, 2.24) is 4.90 Å². The summed E-state index contributed by atoms with van der Waals surface area (Å²) >= 11 is 0. The van der Waals surface area contributed by atoms with Crippen molar-refractivity contribution in [3.63, 3.8) is 0 Å². The number of hydrogen-bond acceptors (Lipinski definition) is 5. The lowest BCUT2D eigenvalue weighted by Gasteiger charge is -2.22. The average Bonchev–Trinajstić information content (AvgIpc) is 2.43. The van der Waals surface area contributed by atoms with E-state index in [4.69, 9.17) is 15.2 Å². The van der Waals surface area contributed by atoms with Crippen molar-refractivity contribution < 1.29 is 19.4 Å². The van der Waals surface area contributed by atoms with Crippen LogP contribution in [0, 0.1) is 0 Å². The van der Waals surface area contributed by atoms with E-state index in [0.717, 1.165) is 0 Å². The standard InChI is InChI=1S/C13H20N2O4/c1-18-8-7-15(6-5-14)13(17)11-9-10(19-2)3-4-12(11)16/h3-4,9,16H,5-8,14H2,1-2H3. The zero-order valence-electron chi connectivity index (χ0n) is 11.3. The van der Waals surface area contributed by atoms with Crippen LogP contribution < -0.4 is 10.5 Å². The Balaban J connectivity index is 2.94. The van der Waals surface area contributed by atoms with Crippen LogP contribution in [0.2, 0.25) is 0 Å². The van der Waals surface area contributed by atoms with Gasteiger partial charge in [-0.25, -0.2) is 0 Å². The number of phenolic OH excluding ortho intramolecular Hbond substituents is 1. The smallest absolute Gasteiger partial charge is 0.257 e. The van der Waals surface area contributed by atoms with Crippen molar-refractivity contribution in [3.05, 3.63) is 23.8 Å². The molecule has 1 rings (SSSR count). The van der Waals surface area contributed by atoms with E-state index in [1.807, 2.05) is 0 Å². The second kappa shape index (κ2) is 7.60. The van der Waals surface area contributed by atoms with Crippen LogP contribution in [0.5, 0.6) is 11.5 Å². The van der Waals surface area contributed by atoms with Gasteiger partial charge in [-0.1, -0.05) is 0 Å². The Morgan fingerprint density at radius 1 is 1.37 bits per heavy atom. The highest BCUT2D eigenvalue weighted by Gasteiger charge is 2.19. The van der Waals surface area contributed by atoms with E-state index in [1.54, 1.807) is 13.2 Å². The quantitative estimate of drug-likeness (QED) is 0.750. The summed E-state index contributed by atoms with van der Waals surface area (Å²) in [5.41, 5.74) is 5.69. The van der Waals surface area contributed by atoms with Crippen LogP contribution in [0.4, 0.5) is 0 Å². The minimum Gasteiger partial charge on any atom is -0.507 e. The number of nitrogens with zero attached hydrogens (tertiary/aromatic N) is 1. The number of ether oxygens (including phenoxy) is 2. The van der Waals surface area contributed by atoms with Crippen LogP contribution >= 0.6 is 0 Å². The number of benzene rings is 1. The lowest BCUT2D eigenvalue weighted by atomic mass is 10.1. The van der Waals surface area contributed by atoms with Gasteiger partial charge in [0.15, 0.2) is 0 Å². The number of carbonyl (C=O) groups excluding carboxylic acids is 1. The highest BCUT2D eigenvalue weighted by atomic mass is 16.5. The molecule has 0 bridgehead atoms. The van der Waals surface area contributed by atoms with Gasteiger partial charge in [-0.3, -0.25) is 4.79 Å². The molecule has 0 saturated carbocycles. The Morgan fingerprint density at radius 3 is 2.68 bits per heavy atom. The lowest BCUT2D eigenvalue weighted by Crippen LogP contribution is -2.37. The van der Waals surface area contributed by atoms with Gasteiger partial charge in [0.2, 0.25) is 0 Å². The third kappa shape index (κ3) is 4.11. The van der Waals surface area contributed by atoms with E-state index >= 15 is 0 Å². The summed E-state index contributed by atoms with van der Waals surface area (Å²) in [7, 11) is 3.07. The molecule has 0 aliphatic heterocycles. The molecule has 1 aromatic rings. The summed E-state index contributed by atoms with van der Waals surface area (Å²) in [6.07, 6.45) is 0. The Morgan fingerprint density at radius 2 is 2.11 bits per heavy atom. The van der Waals surface area contributed by atoms with Gasteiger partial charge in [-0.2, -0.15) is 0 Å². The molecule has 19 heavy (non-hydrogen) atoms. The molecule has 6 heteroatoms. The molecule has 0 unspecified atom stereocenters. The van der Waals surface area contributed by atoms with Gasteiger partial charge in [0.05, 0.1) is 19.3 Å². The fourth-order valence-corrected chi connectivity index (χ4v) is 1.66. The molecule has 0 aliphatic rings. The van der Waals surface area contributed by atoms with Crippen molar-refractivity contribution in [2.75, 3.05) is 40.5 Å². The maximum atomic E-state index is 12.3. The first-order chi connectivity index (χ1) is 9.13. The largest absolute Gasteiger partial charge is 0.507 e. The van der Waals surface area contributed by atoms with E-state index in [2.05, 4.69) is 0 Å². The van der Waals surface area contributed by atoms with Gasteiger partial charge in [0.25, 0.3) is 5.91 Å². The highest BCUT2D eigenvalue weighted by molar-refractivity contribution is 5.97. The molecule has 0 fully saturated rings. The summed E-state index contributed by atoms with van der Waals surface area (Å²) in [5.74, 6) is 0.143. The molecule has 0 radical (unpaired) electrons. The molecule has 6 nitrogen and oxygen atoms in total. The first-order valence-corrected chi connectivity index (χ1v) is 5.99. The number of phenols is 1. The topological polar surface area (TPSA) is 85.0 Å². The third-order valence-corrected chi connectivity index (χ3v) is 2.69. The van der Waals surface area contributed by atoms with Crippen LogP contribution in [0.25, 0.3) is 0 Å². The SMILES string of the molecule is COCCN(CCN)C(=O)c1cc(OC)ccc1O. The molecular weight excluding hydrogens is 248 g/mol. The molecule has 0 saturated heterocycles. The number of methoxy groups -OCH3 is 2. The maximum Gasteiger partial charge on any atom is 0.257 e. The number of rotatable bonds is 7. The predicted octanol–water partition coefficient (Wildman–Crippen LogP) is 0.448. The molecular formula is C13H20N2O4. The molecule has 1 amide bonds. The Kier molecular flexibility index (Phi) is 6.11. The summed E-state index contributed by atoms with van der Waals surface area (Å²) in [4.78, 5) is 13.9. The monoisotopic (exact) mass is 268 g/mol. The number of carbonyl (C=O) groups is 1. The molecule has 0 spiro atoms. The third-order valence-electron chi connectivity index (χ3n) is 2.69. The Hall–Kier alpha value is -1.79. The van der Waals surface area contributed by atoms with Crippen molar-refractivity contribution in [1.29, 1.82) is 0 Å². The molecule has 0 aliphatic carbocycles. The molecule has 0 heterocycles. The number of hydrogen-bond donors (Lipinski definition) is 2. The Labute approximate surface area is 112 Å². The summed E-state index contributed by atoms with van der Waals surface area (Å²) in [5, 5.41) is 9.78. The van der Waals surface area contributed by atoms with E-state index in [9.17, 15) is 9.90 Å². The minimum absolute atomic E-state index is 0.0785. The highest BCUT2D eigenvalue weighted by Crippen LogP contribution is 2.24. The maximum absolute atomic E-state index is 12.3. The fourth-order valence-electron chi connectivity index (χ4n) is 1.66. The van der Waals surface area contributed by atoms with Crippen LogP contribution in [0.3, 0.4) is 0 Å². The zero-order chi connectivity index (χ0) is 14.3. The van der Waals surface area contributed by atoms with Gasteiger partial charge in [-0.05, 0) is 18.2 Å². The minimum atomic E-state index is -0.293. The average molecular weight is 268 g/mol. The van der Waals surface area contributed by atoms with E-state index in [-0.39, 0.29) is 17.2 Å². The van der Waals surface area contributed by atoms with E-state index < -0.39 is 0 Å². The molecule has 1 aromatic carbocycles. The molecule has 106 valence electrons. The summed E-state index contributed by atoms with van der Waals surface area (Å²) < 4.78 is 10.0. The van der Waals surface area contributed by atoms with Crippen molar-refractivity contribution in [2.24, 2.45) is 5.73 Å². The molecule has 0 aromatic heterocycles. The second-order valence-corrected chi connectivity index (χ2v) is 3.96. The normalized spacial score (nSPS) is 10.3. The molecule has 0 atom stereocenters. The summed E-state index contributed by atoms with van der Waals surface area (Å²) in [6.45, 7) is 1.58. The van der Waals surface area contributed by atoms with Crippen LogP contribution in [-0.4, -0.2) is 56.4 Å². The van der Waals surface area contributed by atoms with Crippen LogP contribution in [0.1, 0.15) is 10.4 Å². The molecule has 3 N–H and O–H groups in total. The van der Waals surface area contributed by atoms with E-state index in [0.29, 0.717) is 32.0 Å². The number of aromatic hydroxyl groups is 1. The van der Waals surface area contributed by atoms with Gasteiger partial charge in [-0.15, -0.1) is 0 Å². The first-order valence-electron chi connectivity index (χ1n) is 5.99. The number of nitrogens with two attached hydrogens (primary N) is 1. The lowest BCUT2D eigenvalue weighted by molar-refractivity contribution is 0.0698. The van der Waals surface area contributed by atoms with Crippen molar-refractivity contribution in [2.45, 2.75) is 0 Å². The summed E-state index contributed by atoms with van der Waals surface area (Å²) in [6, 6.07) is 4.53. The van der Waals surface area contributed by atoms with Crippen molar-refractivity contribution in [3.8, 4) is 11.5 Å². The second-order valence-electron chi connectivity index (χ2n) is 3.96. The Bertz CT molecular complexity index is 423. The van der Waals surface area contributed by atoms with Crippen LogP contribution in [0.15, 0.2) is 18.2 Å². The number of amides is 1. The fraction of sp³-hybridized carbons (Fsp3) is 0.462. The first kappa shape index (κ1) is 15.3. The zero-order valence-corrected chi connectivity index (χ0v) is 11.3. The van der Waals surface area contributed by atoms with Gasteiger partial charge < -0.3 is 25.2 Å². The van der Waals surface area contributed by atoms with E-state index in [1.165, 1.54) is 24.1 Å². The van der Waals surface area contributed by atoms with Gasteiger partial charge >= 0.3 is 0 Å². The van der Waals surface area contributed by atoms with Gasteiger partial charge in [0.1, 0.15) is 11.5 Å². The van der Waals surface area contributed by atoms with Gasteiger partial charge in [0, 0.05) is 26.7 Å². The predicted molar refractivity (Wildman–Crippen MR) is 71.5 cm³/mol. The van der Waals surface area contributed by atoms with Crippen LogP contribution in [-0.2, 0) is 4.74 Å². The van der Waals surface area contributed by atoms with Crippen molar-refractivity contribution >= 4 is 5.91 Å².